The van der Waals surface area contributed by atoms with Crippen molar-refractivity contribution in [1.82, 2.24) is 10.3 Å². The van der Waals surface area contributed by atoms with Crippen molar-refractivity contribution < 1.29 is 38.1 Å². The molecule has 0 aliphatic heterocycles. The first kappa shape index (κ1) is 35.5. The number of esters is 1. The second-order valence-corrected chi connectivity index (χ2v) is 13.4. The number of carbonyl (C=O) groups excluding carboxylic acids is 3. The number of nitrogens with zero attached hydrogens (tertiary/aromatic N) is 1. The highest BCUT2D eigenvalue weighted by atomic mass is 79.9. The Balaban J connectivity index is 1.28. The molecule has 0 unspecified atom stereocenters. The predicted octanol–water partition coefficient (Wildman–Crippen LogP) is 8.20. The van der Waals surface area contributed by atoms with E-state index >= 15 is 0 Å². The van der Waals surface area contributed by atoms with Crippen molar-refractivity contribution in [3.63, 3.8) is 0 Å². The molecule has 49 heavy (non-hydrogen) atoms. The summed E-state index contributed by atoms with van der Waals surface area (Å²) in [7, 11) is 1.52. The lowest BCUT2D eigenvalue weighted by Crippen LogP contribution is -2.45. The van der Waals surface area contributed by atoms with Gasteiger partial charge in [-0.3, -0.25) is 9.78 Å². The number of hydrogen-bond donors (Lipinski definition) is 2. The summed E-state index contributed by atoms with van der Waals surface area (Å²) >= 11 is 3.55. The number of nitrogens with one attached hydrogen (secondary N) is 2. The number of aromatic nitrogens is 1. The van der Waals surface area contributed by atoms with Crippen LogP contribution in [0.3, 0.4) is 0 Å². The fraction of sp³-hybridized carbons (Fsp3) is 0.351. The van der Waals surface area contributed by atoms with Gasteiger partial charge in [-0.05, 0) is 105 Å². The lowest BCUT2D eigenvalue weighted by atomic mass is 10.1. The largest absolute Gasteiger partial charge is 0.493 e. The van der Waals surface area contributed by atoms with Crippen LogP contribution in [0.5, 0.6) is 23.0 Å². The zero-order valence-corrected chi connectivity index (χ0v) is 29.5. The molecule has 1 atom stereocenters. The summed E-state index contributed by atoms with van der Waals surface area (Å²) in [6.07, 6.45) is 4.52. The van der Waals surface area contributed by atoms with E-state index in [1.54, 1.807) is 75.5 Å². The highest BCUT2D eigenvalue weighted by molar-refractivity contribution is 9.10. The molecule has 0 spiro atoms. The topological polar surface area (TPSA) is 134 Å². The van der Waals surface area contributed by atoms with E-state index in [1.165, 1.54) is 7.11 Å². The Morgan fingerprint density at radius 1 is 0.980 bits per heavy atom. The SMILES string of the molecule is COc1cc2c(Oc3ccc(NC(=O)c4ccccc4)cc3)c(Br)cnc2cc1OCC[C@H](NC(=O)OC(C)(C)C)C(=O)OC1CCCC1. The van der Waals surface area contributed by atoms with Gasteiger partial charge >= 0.3 is 12.1 Å². The van der Waals surface area contributed by atoms with Crippen molar-refractivity contribution in [2.24, 2.45) is 0 Å². The summed E-state index contributed by atoms with van der Waals surface area (Å²) in [6, 6.07) is 18.5. The molecule has 258 valence electrons. The van der Waals surface area contributed by atoms with E-state index in [0.717, 1.165) is 25.7 Å². The van der Waals surface area contributed by atoms with Crippen LogP contribution in [0, 0.1) is 0 Å². The Morgan fingerprint density at radius 2 is 1.69 bits per heavy atom. The minimum Gasteiger partial charge on any atom is -0.493 e. The zero-order chi connectivity index (χ0) is 35.0. The van der Waals surface area contributed by atoms with Crippen molar-refractivity contribution >= 4 is 50.5 Å². The molecule has 11 nitrogen and oxygen atoms in total. The molecule has 12 heteroatoms. The second-order valence-electron chi connectivity index (χ2n) is 12.6. The van der Waals surface area contributed by atoms with E-state index < -0.39 is 23.7 Å². The molecular formula is C37H40BrN3O8. The molecule has 4 aromatic rings. The van der Waals surface area contributed by atoms with Crippen LogP contribution in [-0.4, -0.2) is 54.4 Å². The van der Waals surface area contributed by atoms with Gasteiger partial charge in [-0.1, -0.05) is 18.2 Å². The third kappa shape index (κ3) is 9.85. The van der Waals surface area contributed by atoms with Crippen molar-refractivity contribution in [2.75, 3.05) is 19.0 Å². The van der Waals surface area contributed by atoms with E-state index in [-0.39, 0.29) is 25.0 Å². The van der Waals surface area contributed by atoms with Crippen LogP contribution in [0.15, 0.2) is 77.4 Å². The molecule has 3 aromatic carbocycles. The highest BCUT2D eigenvalue weighted by Gasteiger charge is 2.29. The maximum Gasteiger partial charge on any atom is 0.408 e. The van der Waals surface area contributed by atoms with Gasteiger partial charge < -0.3 is 34.3 Å². The number of ether oxygens (including phenoxy) is 5. The van der Waals surface area contributed by atoms with Crippen molar-refractivity contribution in [3.8, 4) is 23.0 Å². The minimum atomic E-state index is -0.964. The second kappa shape index (κ2) is 16.0. The average Bonchev–Trinajstić information content (AvgIpc) is 3.58. The Morgan fingerprint density at radius 3 is 2.37 bits per heavy atom. The number of hydrogen-bond acceptors (Lipinski definition) is 9. The Labute approximate surface area is 293 Å². The summed E-state index contributed by atoms with van der Waals surface area (Å²) in [4.78, 5) is 42.7. The molecule has 0 radical (unpaired) electrons. The molecule has 2 N–H and O–H groups in total. The van der Waals surface area contributed by atoms with Gasteiger partial charge in [0.05, 0.1) is 23.7 Å². The van der Waals surface area contributed by atoms with E-state index in [1.807, 2.05) is 18.2 Å². The number of methoxy groups -OCH3 is 1. The monoisotopic (exact) mass is 733 g/mol. The van der Waals surface area contributed by atoms with Gasteiger partial charge in [0.25, 0.3) is 5.91 Å². The predicted molar refractivity (Wildman–Crippen MR) is 189 cm³/mol. The molecule has 1 saturated carbocycles. The lowest BCUT2D eigenvalue weighted by Gasteiger charge is -2.24. The van der Waals surface area contributed by atoms with E-state index in [4.69, 9.17) is 23.7 Å². The van der Waals surface area contributed by atoms with Gasteiger partial charge in [-0.2, -0.15) is 0 Å². The maximum absolute atomic E-state index is 13.1. The van der Waals surface area contributed by atoms with Crippen LogP contribution in [0.25, 0.3) is 10.9 Å². The number of benzene rings is 3. The number of carbonyl (C=O) groups is 3. The van der Waals surface area contributed by atoms with Crippen LogP contribution in [-0.2, 0) is 14.3 Å². The molecule has 1 fully saturated rings. The Bertz CT molecular complexity index is 1770. The number of anilines is 1. The number of pyridine rings is 1. The molecule has 2 amide bonds. The number of amides is 2. The summed E-state index contributed by atoms with van der Waals surface area (Å²) in [5.74, 6) is 1.13. The van der Waals surface area contributed by atoms with E-state index in [2.05, 4.69) is 31.5 Å². The Kier molecular flexibility index (Phi) is 11.6. The van der Waals surface area contributed by atoms with E-state index in [0.29, 0.717) is 49.6 Å². The first-order valence-electron chi connectivity index (χ1n) is 16.1. The minimum absolute atomic E-state index is 0.0646. The van der Waals surface area contributed by atoms with Crippen LogP contribution < -0.4 is 24.8 Å². The third-order valence-electron chi connectivity index (χ3n) is 7.65. The summed E-state index contributed by atoms with van der Waals surface area (Å²) in [6.45, 7) is 5.32. The van der Waals surface area contributed by atoms with Crippen molar-refractivity contribution in [3.05, 3.63) is 83.0 Å². The van der Waals surface area contributed by atoms with Gasteiger partial charge in [0.15, 0.2) is 17.2 Å². The fourth-order valence-corrected chi connectivity index (χ4v) is 5.68. The summed E-state index contributed by atoms with van der Waals surface area (Å²) in [5, 5.41) is 6.18. The molecule has 1 heterocycles. The lowest BCUT2D eigenvalue weighted by molar-refractivity contribution is -0.151. The highest BCUT2D eigenvalue weighted by Crippen LogP contribution is 2.41. The molecule has 1 aromatic heterocycles. The maximum atomic E-state index is 13.1. The van der Waals surface area contributed by atoms with Crippen LogP contribution in [0.4, 0.5) is 10.5 Å². The van der Waals surface area contributed by atoms with Gasteiger partial charge in [0.1, 0.15) is 23.5 Å². The smallest absolute Gasteiger partial charge is 0.408 e. The van der Waals surface area contributed by atoms with Crippen LogP contribution in [0.2, 0.25) is 0 Å². The summed E-state index contributed by atoms with van der Waals surface area (Å²) in [5.41, 5.74) is 1.03. The quantitative estimate of drug-likeness (QED) is 0.138. The zero-order valence-electron chi connectivity index (χ0n) is 27.9. The van der Waals surface area contributed by atoms with Crippen molar-refractivity contribution in [1.29, 1.82) is 0 Å². The molecule has 1 aliphatic carbocycles. The molecular weight excluding hydrogens is 694 g/mol. The van der Waals surface area contributed by atoms with Gasteiger partial charge in [0, 0.05) is 35.3 Å². The normalized spacial score (nSPS) is 13.7. The van der Waals surface area contributed by atoms with Gasteiger partial charge in [0.2, 0.25) is 0 Å². The summed E-state index contributed by atoms with van der Waals surface area (Å²) < 4.78 is 29.7. The first-order chi connectivity index (χ1) is 23.5. The van der Waals surface area contributed by atoms with E-state index in [9.17, 15) is 14.4 Å². The Hall–Kier alpha value is -4.84. The van der Waals surface area contributed by atoms with Gasteiger partial charge in [-0.15, -0.1) is 0 Å². The molecule has 0 saturated heterocycles. The number of rotatable bonds is 12. The fourth-order valence-electron chi connectivity index (χ4n) is 5.28. The van der Waals surface area contributed by atoms with Crippen LogP contribution in [0.1, 0.15) is 63.2 Å². The third-order valence-corrected chi connectivity index (χ3v) is 8.22. The number of fused-ring (bicyclic) bond motifs is 1. The molecule has 1 aliphatic rings. The average molecular weight is 735 g/mol. The van der Waals surface area contributed by atoms with Crippen LogP contribution >= 0.6 is 15.9 Å². The molecule has 0 bridgehead atoms. The molecule has 5 rings (SSSR count). The first-order valence-corrected chi connectivity index (χ1v) is 16.9. The standard InChI is InChI=1S/C37H40BrN3O8/c1-37(2,3)49-36(44)41-29(35(43)48-25-12-8-9-13-25)18-19-46-32-21-30-27(20-31(32)45-4)33(28(38)22-39-30)47-26-16-14-24(15-17-26)40-34(42)23-10-6-5-7-11-23/h5-7,10-11,14-17,20-22,25,29H,8-9,12-13,18-19H2,1-4H3,(H,40,42)(H,41,44)/t29-/m0/s1. The van der Waals surface area contributed by atoms with Gasteiger partial charge in [-0.25, -0.2) is 9.59 Å². The number of halogens is 1. The number of alkyl carbamates (subject to hydrolysis) is 1. The van der Waals surface area contributed by atoms with Crippen molar-refractivity contribution in [2.45, 2.75) is 70.6 Å².